The van der Waals surface area contributed by atoms with Gasteiger partial charge in [-0.2, -0.15) is 0 Å². The Bertz CT molecular complexity index is 1100. The number of hydrogen-bond acceptors (Lipinski definition) is 4. The Morgan fingerprint density at radius 1 is 1.07 bits per heavy atom. The Balaban J connectivity index is 1.23. The van der Waals surface area contributed by atoms with Gasteiger partial charge in [0.2, 0.25) is 0 Å². The number of benzene rings is 2. The van der Waals surface area contributed by atoms with Gasteiger partial charge in [0.05, 0.1) is 17.9 Å². The number of aromatic nitrogens is 3. The molecule has 2 aromatic carbocycles. The molecule has 0 radical (unpaired) electrons. The van der Waals surface area contributed by atoms with Crippen molar-refractivity contribution < 1.29 is 0 Å². The number of nitrogens with one attached hydrogen (secondary N) is 2. The molecule has 1 aliphatic carbocycles. The van der Waals surface area contributed by atoms with Crippen LogP contribution in [0.15, 0.2) is 73.3 Å². The van der Waals surface area contributed by atoms with E-state index in [-0.39, 0.29) is 0 Å². The average Bonchev–Trinajstić information content (AvgIpc) is 3.42. The molecule has 4 aromatic rings. The molecule has 2 heterocycles. The van der Waals surface area contributed by atoms with Crippen LogP contribution in [0.2, 0.25) is 0 Å². The highest BCUT2D eigenvalue weighted by molar-refractivity contribution is 5.83. The van der Waals surface area contributed by atoms with E-state index in [0.29, 0.717) is 6.04 Å². The first-order valence-electron chi connectivity index (χ1n) is 10.3. The number of rotatable bonds is 7. The molecule has 5 nitrogen and oxygen atoms in total. The summed E-state index contributed by atoms with van der Waals surface area (Å²) in [4.78, 5) is 8.91. The Morgan fingerprint density at radius 3 is 2.97 bits per heavy atom. The average molecular weight is 383 g/mol. The van der Waals surface area contributed by atoms with Gasteiger partial charge in [-0.15, -0.1) is 0 Å². The van der Waals surface area contributed by atoms with Crippen LogP contribution >= 0.6 is 0 Å². The van der Waals surface area contributed by atoms with E-state index >= 15 is 0 Å². The molecule has 0 unspecified atom stereocenters. The van der Waals surface area contributed by atoms with Crippen molar-refractivity contribution >= 4 is 22.4 Å². The second-order valence-corrected chi connectivity index (χ2v) is 7.62. The highest BCUT2D eigenvalue weighted by Gasteiger charge is 2.21. The lowest BCUT2D eigenvalue weighted by Gasteiger charge is -2.15. The number of fused-ring (bicyclic) bond motifs is 2. The summed E-state index contributed by atoms with van der Waals surface area (Å²) < 4.78 is 2.10. The van der Waals surface area contributed by atoms with E-state index in [1.165, 1.54) is 11.1 Å². The summed E-state index contributed by atoms with van der Waals surface area (Å²) in [6.45, 7) is 1.90. The minimum Gasteiger partial charge on any atom is -0.385 e. The van der Waals surface area contributed by atoms with E-state index in [1.54, 1.807) is 0 Å². The molecule has 0 bridgehead atoms. The molecular formula is C24H25N5. The standard InChI is InChI=1S/C24H25N5/c1-2-5-21-18(4-1)6-9-23(21)28-24-11-7-19-16-20(8-10-22(19)27-24)26-12-3-14-29-15-13-25-17-29/h1-2,4-5,7-8,10-11,13,15-17,23,26H,3,6,9,12,14H2,(H,27,28)/t23-/m1/s1. The first kappa shape index (κ1) is 17.7. The van der Waals surface area contributed by atoms with Gasteiger partial charge in [-0.1, -0.05) is 24.3 Å². The minimum absolute atomic E-state index is 0.354. The van der Waals surface area contributed by atoms with Crippen molar-refractivity contribution in [2.45, 2.75) is 31.8 Å². The van der Waals surface area contributed by atoms with Crippen LogP contribution in [0, 0.1) is 0 Å². The van der Waals surface area contributed by atoms with Crippen LogP contribution in [0.25, 0.3) is 10.9 Å². The molecular weight excluding hydrogens is 358 g/mol. The maximum Gasteiger partial charge on any atom is 0.127 e. The molecule has 146 valence electrons. The lowest BCUT2D eigenvalue weighted by molar-refractivity contribution is 0.661. The third kappa shape index (κ3) is 3.94. The first-order chi connectivity index (χ1) is 14.3. The number of hydrogen-bond donors (Lipinski definition) is 2. The summed E-state index contributed by atoms with van der Waals surface area (Å²) in [6.07, 6.45) is 8.99. The van der Waals surface area contributed by atoms with Crippen LogP contribution < -0.4 is 10.6 Å². The van der Waals surface area contributed by atoms with E-state index in [9.17, 15) is 0 Å². The summed E-state index contributed by atoms with van der Waals surface area (Å²) in [5.74, 6) is 0.945. The molecule has 2 N–H and O–H groups in total. The van der Waals surface area contributed by atoms with Crippen LogP contribution in [-0.4, -0.2) is 21.1 Å². The SMILES string of the molecule is c1ccc2c(c1)CC[C@H]2Nc1ccc2cc(NCCCn3ccnc3)ccc2n1. The molecule has 1 aliphatic rings. The maximum absolute atomic E-state index is 4.83. The molecule has 2 aromatic heterocycles. The molecule has 5 rings (SSSR count). The molecule has 1 atom stereocenters. The first-order valence-corrected chi connectivity index (χ1v) is 10.3. The van der Waals surface area contributed by atoms with Crippen molar-refractivity contribution in [3.63, 3.8) is 0 Å². The van der Waals surface area contributed by atoms with Crippen LogP contribution in [0.1, 0.15) is 30.0 Å². The van der Waals surface area contributed by atoms with Crippen LogP contribution in [0.4, 0.5) is 11.5 Å². The second kappa shape index (κ2) is 7.95. The van der Waals surface area contributed by atoms with Crippen molar-refractivity contribution in [2.24, 2.45) is 0 Å². The lowest BCUT2D eigenvalue weighted by atomic mass is 10.1. The van der Waals surface area contributed by atoms with Gasteiger partial charge in [0.25, 0.3) is 0 Å². The zero-order chi connectivity index (χ0) is 19.5. The molecule has 0 spiro atoms. The number of aryl methyl sites for hydroxylation is 2. The third-order valence-electron chi connectivity index (χ3n) is 5.63. The topological polar surface area (TPSA) is 54.8 Å². The molecule has 0 aliphatic heterocycles. The number of imidazole rings is 1. The van der Waals surface area contributed by atoms with Crippen LogP contribution in [0.3, 0.4) is 0 Å². The summed E-state index contributed by atoms with van der Waals surface area (Å²) in [7, 11) is 0. The highest BCUT2D eigenvalue weighted by Crippen LogP contribution is 2.33. The second-order valence-electron chi connectivity index (χ2n) is 7.62. The van der Waals surface area contributed by atoms with Gasteiger partial charge in [-0.3, -0.25) is 0 Å². The third-order valence-corrected chi connectivity index (χ3v) is 5.63. The van der Waals surface area contributed by atoms with Crippen molar-refractivity contribution in [2.75, 3.05) is 17.2 Å². The van der Waals surface area contributed by atoms with Gasteiger partial charge in [0.15, 0.2) is 0 Å². The maximum atomic E-state index is 4.83. The van der Waals surface area contributed by atoms with Crippen LogP contribution in [0.5, 0.6) is 0 Å². The zero-order valence-corrected chi connectivity index (χ0v) is 16.4. The molecule has 29 heavy (non-hydrogen) atoms. The Hall–Kier alpha value is -3.34. The Morgan fingerprint density at radius 2 is 2.03 bits per heavy atom. The van der Waals surface area contributed by atoms with Crippen molar-refractivity contribution in [1.82, 2.24) is 14.5 Å². The minimum atomic E-state index is 0.354. The Labute approximate surface area is 170 Å². The molecule has 0 fully saturated rings. The Kier molecular flexibility index (Phi) is 4.87. The normalized spacial score (nSPS) is 15.4. The van der Waals surface area contributed by atoms with Crippen molar-refractivity contribution in [3.8, 4) is 0 Å². The zero-order valence-electron chi connectivity index (χ0n) is 16.4. The van der Waals surface area contributed by atoms with E-state index in [2.05, 4.69) is 74.8 Å². The summed E-state index contributed by atoms with van der Waals surface area (Å²) in [6, 6.07) is 19.7. The largest absolute Gasteiger partial charge is 0.385 e. The summed E-state index contributed by atoms with van der Waals surface area (Å²) in [5.41, 5.74) is 5.01. The van der Waals surface area contributed by atoms with Gasteiger partial charge < -0.3 is 15.2 Å². The number of anilines is 2. The van der Waals surface area contributed by atoms with Gasteiger partial charge in [0, 0.05) is 36.6 Å². The van der Waals surface area contributed by atoms with E-state index < -0.39 is 0 Å². The number of nitrogens with zero attached hydrogens (tertiary/aromatic N) is 3. The fourth-order valence-electron chi connectivity index (χ4n) is 4.11. The monoisotopic (exact) mass is 383 g/mol. The molecule has 0 saturated heterocycles. The van der Waals surface area contributed by atoms with Crippen molar-refractivity contribution in [1.29, 1.82) is 0 Å². The highest BCUT2D eigenvalue weighted by atomic mass is 15.0. The predicted octanol–water partition coefficient (Wildman–Crippen LogP) is 5.03. The predicted molar refractivity (Wildman–Crippen MR) is 118 cm³/mol. The lowest BCUT2D eigenvalue weighted by Crippen LogP contribution is -2.08. The molecule has 0 saturated carbocycles. The van der Waals surface area contributed by atoms with E-state index in [1.807, 2.05) is 18.7 Å². The van der Waals surface area contributed by atoms with E-state index in [0.717, 1.165) is 54.8 Å². The van der Waals surface area contributed by atoms with Gasteiger partial charge in [-0.05, 0) is 60.7 Å². The van der Waals surface area contributed by atoms with E-state index in [4.69, 9.17) is 4.98 Å². The van der Waals surface area contributed by atoms with Crippen molar-refractivity contribution in [3.05, 3.63) is 84.4 Å². The summed E-state index contributed by atoms with van der Waals surface area (Å²) >= 11 is 0. The fourth-order valence-corrected chi connectivity index (χ4v) is 4.11. The summed E-state index contributed by atoms with van der Waals surface area (Å²) in [5, 5.41) is 8.29. The van der Waals surface area contributed by atoms with Gasteiger partial charge >= 0.3 is 0 Å². The fraction of sp³-hybridized carbons (Fsp3) is 0.250. The van der Waals surface area contributed by atoms with Gasteiger partial charge in [0.1, 0.15) is 5.82 Å². The smallest absolute Gasteiger partial charge is 0.127 e. The molecule has 5 heteroatoms. The quantitative estimate of drug-likeness (QED) is 0.439. The van der Waals surface area contributed by atoms with Crippen LogP contribution in [-0.2, 0) is 13.0 Å². The molecule has 0 amide bonds. The number of pyridine rings is 1. The van der Waals surface area contributed by atoms with Gasteiger partial charge in [-0.25, -0.2) is 9.97 Å².